The third-order valence-corrected chi connectivity index (χ3v) is 3.56. The molecule has 0 radical (unpaired) electrons. The number of hydrogen-bond acceptors (Lipinski definition) is 4. The molecule has 1 unspecified atom stereocenters. The third-order valence-electron chi connectivity index (χ3n) is 3.56. The minimum atomic E-state index is -0.786. The lowest BCUT2D eigenvalue weighted by molar-refractivity contribution is -0.141. The standard InChI is InChI=1S/C18H25F2NO4/c1-17(2,3)25-16(22)21-14(15-10-23-18(4,5)24-15)8-11-6-12(19)9-13(20)7-11/h6-7,9,14-15H,8,10H2,1-5H3,(H,21,22)/t14-,15?/m0/s1. The predicted octanol–water partition coefficient (Wildman–Crippen LogP) is 3.55. The van der Waals surface area contributed by atoms with Crippen molar-refractivity contribution in [1.82, 2.24) is 5.32 Å². The highest BCUT2D eigenvalue weighted by molar-refractivity contribution is 5.68. The number of carbonyl (C=O) groups is 1. The summed E-state index contributed by atoms with van der Waals surface area (Å²) in [6.45, 7) is 9.04. The Labute approximate surface area is 146 Å². The van der Waals surface area contributed by atoms with Gasteiger partial charge < -0.3 is 19.5 Å². The van der Waals surface area contributed by atoms with Crippen LogP contribution in [0.5, 0.6) is 0 Å². The number of amides is 1. The Morgan fingerprint density at radius 2 is 1.92 bits per heavy atom. The van der Waals surface area contributed by atoms with Gasteiger partial charge in [-0.25, -0.2) is 13.6 Å². The topological polar surface area (TPSA) is 56.8 Å². The molecule has 1 heterocycles. The molecule has 1 fully saturated rings. The van der Waals surface area contributed by atoms with Gasteiger partial charge in [0.1, 0.15) is 23.3 Å². The van der Waals surface area contributed by atoms with Crippen LogP contribution in [0.15, 0.2) is 18.2 Å². The summed E-state index contributed by atoms with van der Waals surface area (Å²) in [6.07, 6.45) is -0.908. The van der Waals surface area contributed by atoms with Crippen molar-refractivity contribution in [1.29, 1.82) is 0 Å². The molecule has 0 saturated carbocycles. The quantitative estimate of drug-likeness (QED) is 0.895. The average molecular weight is 357 g/mol. The van der Waals surface area contributed by atoms with Gasteiger partial charge in [0.2, 0.25) is 0 Å². The van der Waals surface area contributed by atoms with E-state index in [4.69, 9.17) is 14.2 Å². The van der Waals surface area contributed by atoms with Gasteiger partial charge in [-0.05, 0) is 58.7 Å². The maximum absolute atomic E-state index is 13.5. The molecular weight excluding hydrogens is 332 g/mol. The smallest absolute Gasteiger partial charge is 0.407 e. The number of nitrogens with one attached hydrogen (secondary N) is 1. The fourth-order valence-electron chi connectivity index (χ4n) is 2.63. The van der Waals surface area contributed by atoms with Crippen LogP contribution in [0, 0.1) is 11.6 Å². The minimum absolute atomic E-state index is 0.179. The number of rotatable bonds is 4. The molecule has 0 aliphatic carbocycles. The lowest BCUT2D eigenvalue weighted by Gasteiger charge is -2.27. The van der Waals surface area contributed by atoms with E-state index in [9.17, 15) is 13.6 Å². The maximum atomic E-state index is 13.5. The van der Waals surface area contributed by atoms with Crippen molar-refractivity contribution >= 4 is 6.09 Å². The molecule has 1 aliphatic heterocycles. The van der Waals surface area contributed by atoms with E-state index in [-0.39, 0.29) is 13.0 Å². The lowest BCUT2D eigenvalue weighted by atomic mass is 10.0. The first-order chi connectivity index (χ1) is 11.4. The van der Waals surface area contributed by atoms with E-state index in [1.54, 1.807) is 34.6 Å². The van der Waals surface area contributed by atoms with Crippen LogP contribution in [0.25, 0.3) is 0 Å². The molecule has 7 heteroatoms. The summed E-state index contributed by atoms with van der Waals surface area (Å²) in [4.78, 5) is 12.1. The Bertz CT molecular complexity index is 608. The van der Waals surface area contributed by atoms with Gasteiger partial charge in [0, 0.05) is 6.07 Å². The summed E-state index contributed by atoms with van der Waals surface area (Å²) in [7, 11) is 0. The molecule has 1 aliphatic rings. The van der Waals surface area contributed by atoms with E-state index in [0.29, 0.717) is 5.56 Å². The van der Waals surface area contributed by atoms with Crippen LogP contribution in [-0.2, 0) is 20.6 Å². The molecule has 1 saturated heterocycles. The lowest BCUT2D eigenvalue weighted by Crippen LogP contribution is -2.48. The van der Waals surface area contributed by atoms with E-state index in [0.717, 1.165) is 6.07 Å². The SMILES string of the molecule is CC(C)(C)OC(=O)N[C@@H](Cc1cc(F)cc(F)c1)C1COC(C)(C)O1. The largest absolute Gasteiger partial charge is 0.444 e. The summed E-state index contributed by atoms with van der Waals surface area (Å²) in [6, 6.07) is 2.71. The van der Waals surface area contributed by atoms with Gasteiger partial charge in [0.15, 0.2) is 5.79 Å². The summed E-state index contributed by atoms with van der Waals surface area (Å²) < 4.78 is 43.5. The zero-order chi connectivity index (χ0) is 18.8. The van der Waals surface area contributed by atoms with Gasteiger partial charge >= 0.3 is 6.09 Å². The van der Waals surface area contributed by atoms with Crippen molar-refractivity contribution in [3.63, 3.8) is 0 Å². The van der Waals surface area contributed by atoms with Crippen molar-refractivity contribution < 1.29 is 27.8 Å². The number of ether oxygens (including phenoxy) is 3. The molecule has 0 aromatic heterocycles. The Balaban J connectivity index is 2.15. The molecule has 25 heavy (non-hydrogen) atoms. The molecule has 140 valence electrons. The zero-order valence-electron chi connectivity index (χ0n) is 15.2. The van der Waals surface area contributed by atoms with Crippen LogP contribution >= 0.6 is 0 Å². The van der Waals surface area contributed by atoms with Gasteiger partial charge in [-0.3, -0.25) is 0 Å². The van der Waals surface area contributed by atoms with E-state index >= 15 is 0 Å². The second-order valence-corrected chi connectivity index (χ2v) is 7.60. The fraction of sp³-hybridized carbons (Fsp3) is 0.611. The normalized spacial score (nSPS) is 21.0. The molecule has 0 bridgehead atoms. The zero-order valence-corrected chi connectivity index (χ0v) is 15.2. The summed E-state index contributed by atoms with van der Waals surface area (Å²) >= 11 is 0. The maximum Gasteiger partial charge on any atom is 0.407 e. The molecule has 1 aromatic carbocycles. The van der Waals surface area contributed by atoms with Crippen molar-refractivity contribution in [2.45, 2.75) is 64.6 Å². The second kappa shape index (κ2) is 7.25. The molecule has 5 nitrogen and oxygen atoms in total. The van der Waals surface area contributed by atoms with E-state index in [1.807, 2.05) is 0 Å². The fourth-order valence-corrected chi connectivity index (χ4v) is 2.63. The average Bonchev–Trinajstić information content (AvgIpc) is 2.75. The van der Waals surface area contributed by atoms with Crippen LogP contribution in [0.3, 0.4) is 0 Å². The van der Waals surface area contributed by atoms with Gasteiger partial charge in [0.05, 0.1) is 12.6 Å². The van der Waals surface area contributed by atoms with Crippen LogP contribution < -0.4 is 5.32 Å². The first-order valence-corrected chi connectivity index (χ1v) is 8.20. The van der Waals surface area contributed by atoms with Crippen molar-refractivity contribution in [3.8, 4) is 0 Å². The molecule has 1 amide bonds. The third kappa shape index (κ3) is 6.25. The van der Waals surface area contributed by atoms with E-state index < -0.39 is 41.3 Å². The Kier molecular flexibility index (Phi) is 5.68. The van der Waals surface area contributed by atoms with Gasteiger partial charge in [-0.1, -0.05) is 0 Å². The van der Waals surface area contributed by atoms with Gasteiger partial charge in [-0.2, -0.15) is 0 Å². The Morgan fingerprint density at radius 1 is 1.32 bits per heavy atom. The van der Waals surface area contributed by atoms with Crippen molar-refractivity contribution in [2.75, 3.05) is 6.61 Å². The number of hydrogen-bond donors (Lipinski definition) is 1. The first kappa shape index (κ1) is 19.6. The second-order valence-electron chi connectivity index (χ2n) is 7.60. The molecule has 1 N–H and O–H groups in total. The summed E-state index contributed by atoms with van der Waals surface area (Å²) in [5.74, 6) is -2.13. The van der Waals surface area contributed by atoms with Gasteiger partial charge in [-0.15, -0.1) is 0 Å². The number of carbonyl (C=O) groups excluding carboxylic acids is 1. The number of alkyl carbamates (subject to hydrolysis) is 1. The predicted molar refractivity (Wildman–Crippen MR) is 88.1 cm³/mol. The number of benzene rings is 1. The Hall–Kier alpha value is -1.73. The van der Waals surface area contributed by atoms with Crippen LogP contribution in [0.1, 0.15) is 40.2 Å². The molecule has 1 aromatic rings. The van der Waals surface area contributed by atoms with E-state index in [1.165, 1.54) is 12.1 Å². The molecule has 2 rings (SSSR count). The van der Waals surface area contributed by atoms with Crippen molar-refractivity contribution in [2.24, 2.45) is 0 Å². The highest BCUT2D eigenvalue weighted by Crippen LogP contribution is 2.26. The Morgan fingerprint density at radius 3 is 2.40 bits per heavy atom. The van der Waals surface area contributed by atoms with Crippen LogP contribution in [0.2, 0.25) is 0 Å². The highest BCUT2D eigenvalue weighted by Gasteiger charge is 2.38. The molecule has 0 spiro atoms. The highest BCUT2D eigenvalue weighted by atomic mass is 19.1. The van der Waals surface area contributed by atoms with Crippen LogP contribution in [-0.4, -0.2) is 36.2 Å². The first-order valence-electron chi connectivity index (χ1n) is 8.20. The molecular formula is C18H25F2NO4. The number of halogens is 2. The minimum Gasteiger partial charge on any atom is -0.444 e. The summed E-state index contributed by atoms with van der Waals surface area (Å²) in [5, 5.41) is 2.73. The monoisotopic (exact) mass is 357 g/mol. The van der Waals surface area contributed by atoms with Crippen LogP contribution in [0.4, 0.5) is 13.6 Å². The van der Waals surface area contributed by atoms with Gasteiger partial charge in [0.25, 0.3) is 0 Å². The van der Waals surface area contributed by atoms with Crippen molar-refractivity contribution in [3.05, 3.63) is 35.4 Å². The molecule has 2 atom stereocenters. The van der Waals surface area contributed by atoms with E-state index in [2.05, 4.69) is 5.32 Å². The summed E-state index contributed by atoms with van der Waals surface area (Å²) in [5.41, 5.74) is -0.252.